The summed E-state index contributed by atoms with van der Waals surface area (Å²) in [5, 5.41) is 0. The second-order valence-corrected chi connectivity index (χ2v) is 13.5. The van der Waals surface area contributed by atoms with Gasteiger partial charge in [-0.05, 0) is 89.9 Å². The number of nitrogens with zero attached hydrogens (tertiary/aromatic N) is 4. The molecule has 0 spiro atoms. The lowest BCUT2D eigenvalue weighted by atomic mass is 9.88. The number of hydrogen-bond donors (Lipinski definition) is 0. The van der Waals surface area contributed by atoms with Crippen LogP contribution in [0.25, 0.3) is 16.8 Å². The minimum absolute atomic E-state index is 0.296. The van der Waals surface area contributed by atoms with Gasteiger partial charge in [-0.3, -0.25) is 9.98 Å². The molecule has 2 atom stereocenters. The van der Waals surface area contributed by atoms with E-state index in [4.69, 9.17) is 4.99 Å². The van der Waals surface area contributed by atoms with E-state index in [0.29, 0.717) is 18.5 Å². The maximum Gasteiger partial charge on any atom is 0.110 e. The average molecular weight is 675 g/mol. The van der Waals surface area contributed by atoms with Crippen molar-refractivity contribution in [2.45, 2.75) is 24.7 Å². The highest BCUT2D eigenvalue weighted by Gasteiger charge is 2.35. The Morgan fingerprint density at radius 2 is 1.44 bits per heavy atom. The smallest absolute Gasteiger partial charge is 0.110 e. The molecule has 0 N–H and O–H groups in total. The van der Waals surface area contributed by atoms with Crippen LogP contribution in [0.4, 0.5) is 17.1 Å². The Morgan fingerprint density at radius 1 is 0.750 bits per heavy atom. The van der Waals surface area contributed by atoms with Crippen LogP contribution in [0.3, 0.4) is 0 Å². The van der Waals surface area contributed by atoms with Crippen LogP contribution in [0.15, 0.2) is 192 Å². The summed E-state index contributed by atoms with van der Waals surface area (Å²) in [5.74, 6) is 0.634. The van der Waals surface area contributed by atoms with Gasteiger partial charge in [-0.15, -0.1) is 0 Å². The summed E-state index contributed by atoms with van der Waals surface area (Å²) in [7, 11) is 2.15. The highest BCUT2D eigenvalue weighted by molar-refractivity contribution is 6.12. The minimum atomic E-state index is 0.296. The number of hydrogen-bond acceptors (Lipinski definition) is 4. The maximum atomic E-state index is 5.23. The van der Waals surface area contributed by atoms with Gasteiger partial charge in [0.15, 0.2) is 0 Å². The zero-order valence-corrected chi connectivity index (χ0v) is 29.5. The van der Waals surface area contributed by atoms with Gasteiger partial charge in [0, 0.05) is 47.2 Å². The van der Waals surface area contributed by atoms with Crippen molar-refractivity contribution in [3.05, 3.63) is 204 Å². The van der Waals surface area contributed by atoms with Gasteiger partial charge >= 0.3 is 0 Å². The molecular formula is C48H42N4. The first-order chi connectivity index (χ1) is 25.7. The Hall–Kier alpha value is -6.26. The summed E-state index contributed by atoms with van der Waals surface area (Å²) in [6, 6.07) is 45.2. The minimum Gasteiger partial charge on any atom is -0.355 e. The van der Waals surface area contributed by atoms with E-state index >= 15 is 0 Å². The molecule has 5 aromatic carbocycles. The number of rotatable bonds is 10. The summed E-state index contributed by atoms with van der Waals surface area (Å²) in [4.78, 5) is 14.3. The third-order valence-electron chi connectivity index (χ3n) is 10.2. The number of benzene rings is 5. The summed E-state index contributed by atoms with van der Waals surface area (Å²) in [6.07, 6.45) is 19.7. The SMILES string of the molecule is C=N/C(=C\C(=N/CN(C)c1cc(-c2ccc3c(c2)C2CC=CC=C2N3c2ccccc2)ccc1C1C=CC=CC1)c1ccccc1)c1ccccc1. The van der Waals surface area contributed by atoms with Crippen LogP contribution in [-0.2, 0) is 0 Å². The molecule has 4 nitrogen and oxygen atoms in total. The van der Waals surface area contributed by atoms with Crippen LogP contribution in [0.1, 0.15) is 46.9 Å². The molecule has 4 heteroatoms. The Morgan fingerprint density at radius 3 is 2.17 bits per heavy atom. The van der Waals surface area contributed by atoms with E-state index in [-0.39, 0.29) is 0 Å². The van der Waals surface area contributed by atoms with Gasteiger partial charge in [0.1, 0.15) is 6.67 Å². The number of anilines is 3. The van der Waals surface area contributed by atoms with Gasteiger partial charge in [0.2, 0.25) is 0 Å². The molecule has 1 heterocycles. The van der Waals surface area contributed by atoms with Crippen molar-refractivity contribution < 1.29 is 0 Å². The first-order valence-electron chi connectivity index (χ1n) is 18.1. The molecule has 3 aliphatic rings. The molecule has 2 aliphatic carbocycles. The fraction of sp³-hybridized carbons (Fsp3) is 0.125. The van der Waals surface area contributed by atoms with Crippen LogP contribution >= 0.6 is 0 Å². The molecule has 0 radical (unpaired) electrons. The molecular weight excluding hydrogens is 633 g/mol. The van der Waals surface area contributed by atoms with Gasteiger partial charge in [-0.2, -0.15) is 0 Å². The lowest BCUT2D eigenvalue weighted by Gasteiger charge is -2.26. The highest BCUT2D eigenvalue weighted by atomic mass is 15.2. The molecule has 0 amide bonds. The highest BCUT2D eigenvalue weighted by Crippen LogP contribution is 2.51. The van der Waals surface area contributed by atoms with Crippen molar-refractivity contribution in [3.63, 3.8) is 0 Å². The van der Waals surface area contributed by atoms with Crippen molar-refractivity contribution in [3.8, 4) is 11.1 Å². The molecule has 0 bridgehead atoms. The van der Waals surface area contributed by atoms with Crippen LogP contribution in [0.5, 0.6) is 0 Å². The first-order valence-corrected chi connectivity index (χ1v) is 18.1. The number of para-hydroxylation sites is 1. The molecule has 5 aromatic rings. The van der Waals surface area contributed by atoms with Crippen molar-refractivity contribution in [1.29, 1.82) is 0 Å². The lowest BCUT2D eigenvalue weighted by Crippen LogP contribution is -2.21. The summed E-state index contributed by atoms with van der Waals surface area (Å²) < 4.78 is 0. The fourth-order valence-corrected chi connectivity index (χ4v) is 7.58. The monoisotopic (exact) mass is 674 g/mol. The van der Waals surface area contributed by atoms with Gasteiger partial charge in [0.25, 0.3) is 0 Å². The van der Waals surface area contributed by atoms with Gasteiger partial charge in [-0.25, -0.2) is 0 Å². The standard InChI is InChI=1S/C48H42N4/c1-49-44(36-19-9-4-10-20-36)33-45(37-21-11-5-12-22-37)50-34-51(2)48-32-39(27-29-41(48)35-17-7-3-8-18-35)38-28-30-47-43(31-38)42-25-15-16-26-46(42)52(47)40-23-13-6-14-24-40/h3-17,19-24,26-33,35,42H,1,18,25,34H2,2H3/b44-33-,50-45+. The Balaban J connectivity index is 1.17. The molecule has 52 heavy (non-hydrogen) atoms. The third kappa shape index (κ3) is 6.63. The first kappa shape index (κ1) is 32.9. The molecule has 8 rings (SSSR count). The lowest BCUT2D eigenvalue weighted by molar-refractivity contribution is 0.820. The van der Waals surface area contributed by atoms with Crippen LogP contribution < -0.4 is 9.80 Å². The summed E-state index contributed by atoms with van der Waals surface area (Å²) >= 11 is 0. The van der Waals surface area contributed by atoms with Gasteiger partial charge in [-0.1, -0.05) is 134 Å². The largest absolute Gasteiger partial charge is 0.355 e. The van der Waals surface area contributed by atoms with E-state index in [1.807, 2.05) is 30.3 Å². The number of fused-ring (bicyclic) bond motifs is 3. The van der Waals surface area contributed by atoms with Crippen molar-refractivity contribution >= 4 is 35.2 Å². The Labute approximate surface area is 307 Å². The second kappa shape index (κ2) is 14.9. The second-order valence-electron chi connectivity index (χ2n) is 13.5. The number of allylic oxidation sites excluding steroid dienone is 9. The maximum absolute atomic E-state index is 5.23. The summed E-state index contributed by atoms with van der Waals surface area (Å²) in [5.41, 5.74) is 13.8. The topological polar surface area (TPSA) is 31.2 Å². The van der Waals surface area contributed by atoms with E-state index in [1.165, 1.54) is 45.0 Å². The molecule has 1 aliphatic heterocycles. The zero-order chi connectivity index (χ0) is 35.3. The molecule has 254 valence electrons. The van der Waals surface area contributed by atoms with Gasteiger partial charge < -0.3 is 9.80 Å². The van der Waals surface area contributed by atoms with Crippen LogP contribution in [-0.4, -0.2) is 26.1 Å². The van der Waals surface area contributed by atoms with Gasteiger partial charge in [0.05, 0.1) is 11.4 Å². The van der Waals surface area contributed by atoms with Crippen LogP contribution in [0.2, 0.25) is 0 Å². The van der Waals surface area contributed by atoms with Crippen LogP contribution in [0, 0.1) is 0 Å². The summed E-state index contributed by atoms with van der Waals surface area (Å²) in [6.45, 7) is 4.36. The predicted molar refractivity (Wildman–Crippen MR) is 221 cm³/mol. The number of aliphatic imine (C=N–C) groups is 2. The van der Waals surface area contributed by atoms with E-state index in [0.717, 1.165) is 35.4 Å². The predicted octanol–water partition coefficient (Wildman–Crippen LogP) is 11.7. The van der Waals surface area contributed by atoms with E-state index in [2.05, 4.69) is 174 Å². The molecule has 2 unspecified atom stereocenters. The van der Waals surface area contributed by atoms with E-state index in [1.54, 1.807) is 0 Å². The van der Waals surface area contributed by atoms with E-state index in [9.17, 15) is 0 Å². The van der Waals surface area contributed by atoms with E-state index < -0.39 is 0 Å². The Kier molecular flexibility index (Phi) is 9.45. The fourth-order valence-electron chi connectivity index (χ4n) is 7.58. The quantitative estimate of drug-likeness (QED) is 0.138. The zero-order valence-electron chi connectivity index (χ0n) is 29.5. The van der Waals surface area contributed by atoms with Crippen molar-refractivity contribution in [1.82, 2.24) is 0 Å². The third-order valence-corrected chi connectivity index (χ3v) is 10.2. The molecule has 0 fully saturated rings. The average Bonchev–Trinajstić information content (AvgIpc) is 3.55. The molecule has 0 aromatic heterocycles. The van der Waals surface area contributed by atoms with Crippen molar-refractivity contribution in [2.75, 3.05) is 23.5 Å². The Bertz CT molecular complexity index is 2260. The van der Waals surface area contributed by atoms with Crippen molar-refractivity contribution in [2.24, 2.45) is 9.98 Å². The molecule has 0 saturated carbocycles. The normalized spacial score (nSPS) is 17.8. The molecule has 0 saturated heterocycles.